The molecule has 9 rings (SSSR count). The molecule has 0 saturated carbocycles. The third kappa shape index (κ3) is 6.30. The molecular weight excluding hydrogens is 680 g/mol. The quantitative estimate of drug-likeness (QED) is 0.0972. The molecule has 0 aliphatic carbocycles. The largest absolute Gasteiger partial charge is 0.0881 e. The molecule has 3 atom stereocenters. The molecule has 1 aliphatic heterocycles. The first-order chi connectivity index (χ1) is 27.2. The Kier molecular flexibility index (Phi) is 9.70. The summed E-state index contributed by atoms with van der Waals surface area (Å²) in [5, 5.41) is 6.68. The lowest BCUT2D eigenvalue weighted by molar-refractivity contribution is 0.618. The molecule has 0 bridgehead atoms. The van der Waals surface area contributed by atoms with Gasteiger partial charge in [-0.3, -0.25) is 0 Å². The predicted octanol–water partition coefficient (Wildman–Crippen LogP) is 13.8. The molecule has 1 heterocycles. The fraction of sp³-hybridized carbons (Fsp3) is 0.130. The Morgan fingerprint density at radius 1 is 0.509 bits per heavy atom. The Morgan fingerprint density at radius 2 is 0.982 bits per heavy atom. The SMILES string of the molecule is CC/C(=C\Cc1ccccc1)c1ccc(-c2c(-c3ccc(C4(c5ccccc5)C=[PH](c5ccccc5)C4CC)cc3)c3ccccc3c3ccccc23)cc1. The molecule has 55 heavy (non-hydrogen) atoms. The molecule has 8 aromatic rings. The zero-order valence-electron chi connectivity index (χ0n) is 31.8. The van der Waals surface area contributed by atoms with E-state index in [1.54, 1.807) is 0 Å². The molecule has 3 unspecified atom stereocenters. The summed E-state index contributed by atoms with van der Waals surface area (Å²) in [4.78, 5) is 0. The third-order valence-corrected chi connectivity index (χ3v) is 15.4. The highest BCUT2D eigenvalue weighted by Gasteiger charge is 2.48. The van der Waals surface area contributed by atoms with E-state index < -0.39 is 7.55 Å². The van der Waals surface area contributed by atoms with Crippen molar-refractivity contribution in [1.82, 2.24) is 0 Å². The number of hydrogen-bond acceptors (Lipinski definition) is 0. The maximum Gasteiger partial charge on any atom is 0.0454 e. The van der Waals surface area contributed by atoms with Crippen LogP contribution in [-0.2, 0) is 11.8 Å². The Hall–Kier alpha value is -5.68. The zero-order valence-corrected chi connectivity index (χ0v) is 32.8. The van der Waals surface area contributed by atoms with Gasteiger partial charge in [0.2, 0.25) is 0 Å². The highest BCUT2D eigenvalue weighted by molar-refractivity contribution is 7.68. The number of fused-ring (bicyclic) bond motifs is 3. The molecule has 0 spiro atoms. The third-order valence-electron chi connectivity index (χ3n) is 12.0. The van der Waals surface area contributed by atoms with Crippen LogP contribution in [0.2, 0.25) is 0 Å². The Balaban J connectivity index is 1.18. The van der Waals surface area contributed by atoms with Crippen LogP contribution in [0.15, 0.2) is 194 Å². The van der Waals surface area contributed by atoms with E-state index in [-0.39, 0.29) is 5.41 Å². The van der Waals surface area contributed by atoms with Gasteiger partial charge in [-0.1, -0.05) is 221 Å². The van der Waals surface area contributed by atoms with Crippen LogP contribution in [0.25, 0.3) is 49.4 Å². The van der Waals surface area contributed by atoms with E-state index in [9.17, 15) is 0 Å². The normalized spacial score (nSPS) is 18.2. The summed E-state index contributed by atoms with van der Waals surface area (Å²) in [6, 6.07) is 70.2. The van der Waals surface area contributed by atoms with Crippen LogP contribution in [0.3, 0.4) is 0 Å². The van der Waals surface area contributed by atoms with E-state index in [1.807, 2.05) is 0 Å². The van der Waals surface area contributed by atoms with Crippen LogP contribution in [0.5, 0.6) is 0 Å². The smallest absolute Gasteiger partial charge is 0.0454 e. The average Bonchev–Trinajstić information content (AvgIpc) is 3.25. The number of allylic oxidation sites excluding steroid dienone is 2. The van der Waals surface area contributed by atoms with Crippen molar-refractivity contribution < 1.29 is 0 Å². The lowest BCUT2D eigenvalue weighted by Crippen LogP contribution is -2.48. The van der Waals surface area contributed by atoms with Crippen molar-refractivity contribution in [1.29, 1.82) is 0 Å². The van der Waals surface area contributed by atoms with Crippen LogP contribution >= 0.6 is 7.55 Å². The Morgan fingerprint density at radius 3 is 1.53 bits per heavy atom. The van der Waals surface area contributed by atoms with Gasteiger partial charge in [-0.2, -0.15) is 0 Å². The van der Waals surface area contributed by atoms with Crippen molar-refractivity contribution in [3.05, 3.63) is 216 Å². The molecule has 0 amide bonds. The first kappa shape index (κ1) is 35.0. The number of benzene rings is 8. The van der Waals surface area contributed by atoms with E-state index >= 15 is 0 Å². The van der Waals surface area contributed by atoms with Crippen LogP contribution in [0, 0.1) is 0 Å². The van der Waals surface area contributed by atoms with Gasteiger partial charge in [0.05, 0.1) is 0 Å². The molecule has 8 aromatic carbocycles. The fourth-order valence-corrected chi connectivity index (χ4v) is 12.8. The van der Waals surface area contributed by atoms with Gasteiger partial charge in [0, 0.05) is 5.41 Å². The highest BCUT2D eigenvalue weighted by atomic mass is 31.1. The first-order valence-corrected chi connectivity index (χ1v) is 21.6. The van der Waals surface area contributed by atoms with E-state index in [1.165, 1.54) is 76.9 Å². The van der Waals surface area contributed by atoms with Gasteiger partial charge < -0.3 is 0 Å². The molecule has 0 fully saturated rings. The van der Waals surface area contributed by atoms with Crippen LogP contribution in [0.1, 0.15) is 48.9 Å². The molecule has 1 heteroatoms. The second-order valence-corrected chi connectivity index (χ2v) is 17.4. The molecular formula is C54H47P. The summed E-state index contributed by atoms with van der Waals surface area (Å²) in [5.41, 5.74) is 12.4. The molecule has 1 aliphatic rings. The van der Waals surface area contributed by atoms with Crippen LogP contribution in [-0.4, -0.2) is 11.5 Å². The minimum absolute atomic E-state index is 0.103. The second kappa shape index (κ2) is 15.2. The van der Waals surface area contributed by atoms with Gasteiger partial charge in [0.15, 0.2) is 0 Å². The van der Waals surface area contributed by atoms with Gasteiger partial charge in [-0.05, 0) is 102 Å². The van der Waals surface area contributed by atoms with E-state index in [2.05, 4.69) is 214 Å². The van der Waals surface area contributed by atoms with Gasteiger partial charge in [0.1, 0.15) is 0 Å². The van der Waals surface area contributed by atoms with Crippen molar-refractivity contribution in [2.45, 2.75) is 44.2 Å². The number of rotatable bonds is 10. The van der Waals surface area contributed by atoms with Gasteiger partial charge >= 0.3 is 0 Å². The van der Waals surface area contributed by atoms with E-state index in [4.69, 9.17) is 0 Å². The fourth-order valence-electron chi connectivity index (χ4n) is 9.33. The highest BCUT2D eigenvalue weighted by Crippen LogP contribution is 2.57. The average molecular weight is 727 g/mol. The Labute approximate surface area is 327 Å². The predicted molar refractivity (Wildman–Crippen MR) is 242 cm³/mol. The molecule has 0 nitrogen and oxygen atoms in total. The Bertz CT molecular complexity index is 2650. The molecule has 0 aromatic heterocycles. The molecule has 268 valence electrons. The maximum atomic E-state index is 2.72. The van der Waals surface area contributed by atoms with Gasteiger partial charge in [-0.25, -0.2) is 0 Å². The summed E-state index contributed by atoms with van der Waals surface area (Å²) in [6.45, 7) is 4.65. The molecule has 0 N–H and O–H groups in total. The van der Waals surface area contributed by atoms with Crippen molar-refractivity contribution in [2.75, 3.05) is 0 Å². The summed E-state index contributed by atoms with van der Waals surface area (Å²) in [5.74, 6) is 2.72. The standard InChI is InChI=1S/C54H47P/c1-3-40(29-28-39-18-8-5-9-19-39)41-30-32-42(33-31-41)52-49-26-16-14-24-47(49)48-25-15-17-27-50(48)53(52)43-34-36-45(37-35-43)54(44-20-10-6-11-21-44)38-55(51(54)4-2)46-22-12-7-13-23-46/h5-27,29-38,51,55H,3-4,28H2,1-2H3/b40-29+. The van der Waals surface area contributed by atoms with Crippen molar-refractivity contribution in [2.24, 2.45) is 0 Å². The van der Waals surface area contributed by atoms with Gasteiger partial charge in [-0.15, -0.1) is 0 Å². The molecule has 0 radical (unpaired) electrons. The lowest BCUT2D eigenvalue weighted by atomic mass is 9.71. The van der Waals surface area contributed by atoms with Crippen molar-refractivity contribution in [3.63, 3.8) is 0 Å². The summed E-state index contributed by atoms with van der Waals surface area (Å²) < 4.78 is 0. The topological polar surface area (TPSA) is 0 Å². The minimum atomic E-state index is -0.830. The van der Waals surface area contributed by atoms with Gasteiger partial charge in [0.25, 0.3) is 0 Å². The van der Waals surface area contributed by atoms with Crippen LogP contribution < -0.4 is 5.30 Å². The summed E-state index contributed by atoms with van der Waals surface area (Å²) in [7, 11) is -0.830. The van der Waals surface area contributed by atoms with E-state index in [0.29, 0.717) is 5.66 Å². The lowest BCUT2D eigenvalue weighted by Gasteiger charge is -2.50. The van der Waals surface area contributed by atoms with Crippen molar-refractivity contribution >= 4 is 45.8 Å². The van der Waals surface area contributed by atoms with Crippen LogP contribution in [0.4, 0.5) is 0 Å². The first-order valence-electron chi connectivity index (χ1n) is 19.9. The second-order valence-electron chi connectivity index (χ2n) is 14.9. The zero-order chi connectivity index (χ0) is 37.2. The van der Waals surface area contributed by atoms with E-state index in [0.717, 1.165) is 19.3 Å². The summed E-state index contributed by atoms with van der Waals surface area (Å²) in [6.07, 6.45) is 5.49. The van der Waals surface area contributed by atoms with Crippen molar-refractivity contribution in [3.8, 4) is 22.3 Å². The number of hydrogen-bond donors (Lipinski definition) is 0. The maximum absolute atomic E-state index is 2.72. The summed E-state index contributed by atoms with van der Waals surface area (Å²) >= 11 is 0. The minimum Gasteiger partial charge on any atom is -0.0881 e. The monoisotopic (exact) mass is 726 g/mol. The molecule has 0 saturated heterocycles.